The molecule has 166 valence electrons. The van der Waals surface area contributed by atoms with E-state index in [-0.39, 0.29) is 0 Å². The number of hydrogen-bond acceptors (Lipinski definition) is 5. The first-order valence-corrected chi connectivity index (χ1v) is 11.8. The van der Waals surface area contributed by atoms with Gasteiger partial charge in [0.25, 0.3) is 5.91 Å². The van der Waals surface area contributed by atoms with Gasteiger partial charge in [-0.1, -0.05) is 23.7 Å². The summed E-state index contributed by atoms with van der Waals surface area (Å²) in [5.74, 6) is 0.293. The Bertz CT molecular complexity index is 1210. The third kappa shape index (κ3) is 6.57. The fourth-order valence-corrected chi connectivity index (χ4v) is 3.41. The fraction of sp³-hybridized carbons (Fsp3) is 0.130. The van der Waals surface area contributed by atoms with E-state index in [4.69, 9.17) is 16.3 Å². The highest BCUT2D eigenvalue weighted by atomic mass is 35.5. The van der Waals surface area contributed by atoms with Crippen LogP contribution in [0.15, 0.2) is 77.9 Å². The van der Waals surface area contributed by atoms with Crippen molar-refractivity contribution in [2.75, 3.05) is 17.6 Å². The van der Waals surface area contributed by atoms with Gasteiger partial charge in [0.2, 0.25) is 10.0 Å². The zero-order valence-corrected chi connectivity index (χ0v) is 19.1. The Morgan fingerprint density at radius 2 is 1.78 bits per heavy atom. The number of carbonyl (C=O) groups is 1. The van der Waals surface area contributed by atoms with Crippen LogP contribution in [-0.4, -0.2) is 33.8 Å². The van der Waals surface area contributed by atoms with Crippen LogP contribution in [0.4, 0.5) is 5.69 Å². The highest BCUT2D eigenvalue weighted by molar-refractivity contribution is 7.92. The van der Waals surface area contributed by atoms with Crippen LogP contribution in [0, 0.1) is 0 Å². The van der Waals surface area contributed by atoms with E-state index < -0.39 is 15.9 Å². The third-order valence-electron chi connectivity index (χ3n) is 4.54. The number of hydrogen-bond donors (Lipinski definition) is 1. The molecule has 0 aromatic heterocycles. The van der Waals surface area contributed by atoms with E-state index in [0.717, 1.165) is 21.7 Å². The number of anilines is 1. The molecular formula is C23H22ClN3O4S. The van der Waals surface area contributed by atoms with Gasteiger partial charge in [-0.05, 0) is 71.8 Å². The smallest absolute Gasteiger partial charge is 0.271 e. The number of nitrogens with one attached hydrogen (secondary N) is 1. The van der Waals surface area contributed by atoms with Gasteiger partial charge in [0.1, 0.15) is 12.4 Å². The van der Waals surface area contributed by atoms with Crippen LogP contribution in [0.2, 0.25) is 5.02 Å². The van der Waals surface area contributed by atoms with Gasteiger partial charge in [-0.2, -0.15) is 5.10 Å². The molecule has 0 heterocycles. The average molecular weight is 472 g/mol. The number of nitrogens with zero attached hydrogens (tertiary/aromatic N) is 2. The van der Waals surface area contributed by atoms with Crippen molar-refractivity contribution in [3.8, 4) is 5.75 Å². The molecule has 0 fully saturated rings. The van der Waals surface area contributed by atoms with Crippen LogP contribution in [0.3, 0.4) is 0 Å². The number of halogens is 1. The summed E-state index contributed by atoms with van der Waals surface area (Å²) >= 11 is 5.97. The standard InChI is InChI=1S/C23H22ClN3O4S/c1-27(32(2,29)30)21-10-8-19(9-11-21)23(28)26-25-15-17-6-12-22(13-7-17)31-16-18-4-3-5-20(24)14-18/h3-15H,16H2,1-2H3,(H,26,28)/b25-15-. The van der Waals surface area contributed by atoms with Crippen molar-refractivity contribution in [2.45, 2.75) is 6.61 Å². The molecule has 9 heteroatoms. The Hall–Kier alpha value is -3.36. The third-order valence-corrected chi connectivity index (χ3v) is 5.99. The van der Waals surface area contributed by atoms with Crippen molar-refractivity contribution in [1.82, 2.24) is 5.43 Å². The van der Waals surface area contributed by atoms with Crippen molar-refractivity contribution in [3.05, 3.63) is 94.5 Å². The van der Waals surface area contributed by atoms with Gasteiger partial charge in [0.15, 0.2) is 0 Å². The molecule has 0 spiro atoms. The molecule has 7 nitrogen and oxygen atoms in total. The minimum atomic E-state index is -3.36. The second kappa shape index (κ2) is 10.3. The minimum Gasteiger partial charge on any atom is -0.489 e. The van der Waals surface area contributed by atoms with E-state index in [9.17, 15) is 13.2 Å². The largest absolute Gasteiger partial charge is 0.489 e. The summed E-state index contributed by atoms with van der Waals surface area (Å²) in [5, 5.41) is 4.63. The molecular weight excluding hydrogens is 450 g/mol. The van der Waals surface area contributed by atoms with Gasteiger partial charge in [-0.3, -0.25) is 9.10 Å². The second-order valence-corrected chi connectivity index (χ2v) is 9.41. The quantitative estimate of drug-likeness (QED) is 0.396. The van der Waals surface area contributed by atoms with Gasteiger partial charge in [0, 0.05) is 17.6 Å². The molecule has 0 atom stereocenters. The molecule has 0 unspecified atom stereocenters. The predicted octanol–water partition coefficient (Wildman–Crippen LogP) is 4.08. The van der Waals surface area contributed by atoms with Crippen LogP contribution >= 0.6 is 11.6 Å². The number of benzene rings is 3. The van der Waals surface area contributed by atoms with E-state index >= 15 is 0 Å². The topological polar surface area (TPSA) is 88.1 Å². The minimum absolute atomic E-state index is 0.359. The molecule has 0 bridgehead atoms. The molecule has 3 aromatic rings. The maximum atomic E-state index is 12.2. The number of rotatable bonds is 8. The highest BCUT2D eigenvalue weighted by Crippen LogP contribution is 2.17. The lowest BCUT2D eigenvalue weighted by atomic mass is 10.2. The van der Waals surface area contributed by atoms with Crippen molar-refractivity contribution < 1.29 is 17.9 Å². The average Bonchev–Trinajstić information content (AvgIpc) is 2.77. The summed E-state index contributed by atoms with van der Waals surface area (Å²) < 4.78 is 30.0. The number of ether oxygens (including phenoxy) is 1. The van der Waals surface area contributed by atoms with Crippen molar-refractivity contribution >= 4 is 39.4 Å². The zero-order valence-electron chi connectivity index (χ0n) is 17.5. The fourth-order valence-electron chi connectivity index (χ4n) is 2.69. The van der Waals surface area contributed by atoms with Gasteiger partial charge in [-0.25, -0.2) is 13.8 Å². The Labute approximate surface area is 192 Å². The van der Waals surface area contributed by atoms with Gasteiger partial charge >= 0.3 is 0 Å². The summed E-state index contributed by atoms with van der Waals surface area (Å²) in [6.45, 7) is 0.406. The zero-order chi connectivity index (χ0) is 23.1. The van der Waals surface area contributed by atoms with E-state index in [1.807, 2.05) is 48.5 Å². The van der Waals surface area contributed by atoms with E-state index in [0.29, 0.717) is 28.6 Å². The van der Waals surface area contributed by atoms with Crippen LogP contribution in [0.5, 0.6) is 5.75 Å². The normalized spacial score (nSPS) is 11.3. The Morgan fingerprint density at radius 3 is 2.41 bits per heavy atom. The summed E-state index contributed by atoms with van der Waals surface area (Å²) in [6.07, 6.45) is 2.63. The lowest BCUT2D eigenvalue weighted by Gasteiger charge is -2.16. The van der Waals surface area contributed by atoms with E-state index in [1.165, 1.54) is 25.4 Å². The predicted molar refractivity (Wildman–Crippen MR) is 127 cm³/mol. The van der Waals surface area contributed by atoms with Gasteiger partial charge in [-0.15, -0.1) is 0 Å². The Kier molecular flexibility index (Phi) is 7.50. The lowest BCUT2D eigenvalue weighted by Crippen LogP contribution is -2.25. The first-order valence-electron chi connectivity index (χ1n) is 9.57. The monoisotopic (exact) mass is 471 g/mol. The maximum absolute atomic E-state index is 12.2. The molecule has 1 amide bonds. The summed E-state index contributed by atoms with van der Waals surface area (Å²) in [5.41, 5.74) is 5.03. The molecule has 3 aromatic carbocycles. The first-order chi connectivity index (χ1) is 15.2. The Morgan fingerprint density at radius 1 is 1.09 bits per heavy atom. The number of carbonyl (C=O) groups excluding carboxylic acids is 1. The van der Waals surface area contributed by atoms with Crippen molar-refractivity contribution in [3.63, 3.8) is 0 Å². The molecule has 0 saturated heterocycles. The van der Waals surface area contributed by atoms with Crippen molar-refractivity contribution in [2.24, 2.45) is 5.10 Å². The first kappa shape index (κ1) is 23.3. The van der Waals surface area contributed by atoms with E-state index in [2.05, 4.69) is 10.5 Å². The molecule has 32 heavy (non-hydrogen) atoms. The SMILES string of the molecule is CN(c1ccc(C(=O)N/N=C\c2ccc(OCc3cccc(Cl)c3)cc2)cc1)S(C)(=O)=O. The molecule has 0 saturated carbocycles. The van der Waals surface area contributed by atoms with Crippen LogP contribution in [0.1, 0.15) is 21.5 Å². The maximum Gasteiger partial charge on any atom is 0.271 e. The van der Waals surface area contributed by atoms with E-state index in [1.54, 1.807) is 12.1 Å². The van der Waals surface area contributed by atoms with Gasteiger partial charge < -0.3 is 4.74 Å². The molecule has 0 radical (unpaired) electrons. The molecule has 1 N–H and O–H groups in total. The van der Waals surface area contributed by atoms with Crippen molar-refractivity contribution in [1.29, 1.82) is 0 Å². The number of amides is 1. The lowest BCUT2D eigenvalue weighted by molar-refractivity contribution is 0.0955. The summed E-state index contributed by atoms with van der Waals surface area (Å²) in [7, 11) is -1.91. The van der Waals surface area contributed by atoms with Gasteiger partial charge in [0.05, 0.1) is 18.2 Å². The second-order valence-electron chi connectivity index (χ2n) is 6.96. The molecule has 0 aliphatic rings. The molecule has 3 rings (SSSR count). The Balaban J connectivity index is 1.52. The molecule has 0 aliphatic heterocycles. The summed E-state index contributed by atoms with van der Waals surface area (Å²) in [4.78, 5) is 12.2. The number of hydrazone groups is 1. The summed E-state index contributed by atoms with van der Waals surface area (Å²) in [6, 6.07) is 20.9. The molecule has 0 aliphatic carbocycles. The van der Waals surface area contributed by atoms with Crippen LogP contribution in [-0.2, 0) is 16.6 Å². The highest BCUT2D eigenvalue weighted by Gasteiger charge is 2.12. The van der Waals surface area contributed by atoms with Crippen LogP contribution in [0.25, 0.3) is 0 Å². The van der Waals surface area contributed by atoms with Crippen LogP contribution < -0.4 is 14.5 Å². The number of sulfonamides is 1.